The van der Waals surface area contributed by atoms with E-state index in [2.05, 4.69) is 36.5 Å². The number of benzene rings is 1. The molecular formula is C14H22N2O. The maximum absolute atomic E-state index is 5.76. The zero-order valence-electron chi connectivity index (χ0n) is 10.5. The second-order valence-corrected chi connectivity index (χ2v) is 5.11. The number of ether oxygens (including phenoxy) is 1. The van der Waals surface area contributed by atoms with Crippen molar-refractivity contribution in [3.05, 3.63) is 35.4 Å². The van der Waals surface area contributed by atoms with Crippen molar-refractivity contribution in [3.8, 4) is 0 Å². The summed E-state index contributed by atoms with van der Waals surface area (Å²) in [6.45, 7) is 6.43. The van der Waals surface area contributed by atoms with Crippen LogP contribution in [0.25, 0.3) is 0 Å². The van der Waals surface area contributed by atoms with Crippen molar-refractivity contribution >= 4 is 0 Å². The van der Waals surface area contributed by atoms with Gasteiger partial charge in [-0.1, -0.05) is 29.8 Å². The van der Waals surface area contributed by atoms with Crippen LogP contribution in [0, 0.1) is 12.3 Å². The Kier molecular flexibility index (Phi) is 4.15. The molecular weight excluding hydrogens is 212 g/mol. The highest BCUT2D eigenvalue weighted by Gasteiger charge is 2.36. The molecule has 17 heavy (non-hydrogen) atoms. The van der Waals surface area contributed by atoms with Gasteiger partial charge in [-0.15, -0.1) is 0 Å². The van der Waals surface area contributed by atoms with Crippen molar-refractivity contribution in [2.45, 2.75) is 13.3 Å². The molecule has 3 N–H and O–H groups in total. The van der Waals surface area contributed by atoms with Crippen LogP contribution in [0.3, 0.4) is 0 Å². The molecule has 1 aromatic carbocycles. The first kappa shape index (κ1) is 12.6. The smallest absolute Gasteiger partial charge is 0.0569 e. The molecule has 3 nitrogen and oxygen atoms in total. The maximum atomic E-state index is 5.76. The van der Waals surface area contributed by atoms with E-state index in [1.165, 1.54) is 11.1 Å². The van der Waals surface area contributed by atoms with Gasteiger partial charge in [-0.25, -0.2) is 0 Å². The molecule has 1 aliphatic heterocycles. The van der Waals surface area contributed by atoms with Crippen molar-refractivity contribution in [1.29, 1.82) is 0 Å². The van der Waals surface area contributed by atoms with E-state index in [4.69, 9.17) is 10.5 Å². The second-order valence-electron chi connectivity index (χ2n) is 5.11. The van der Waals surface area contributed by atoms with Crippen LogP contribution in [-0.4, -0.2) is 32.8 Å². The number of hydrogen-bond donors (Lipinski definition) is 2. The van der Waals surface area contributed by atoms with Gasteiger partial charge >= 0.3 is 0 Å². The summed E-state index contributed by atoms with van der Waals surface area (Å²) in [7, 11) is 0. The first-order chi connectivity index (χ1) is 8.24. The molecule has 1 saturated heterocycles. The van der Waals surface area contributed by atoms with Crippen LogP contribution in [0.2, 0.25) is 0 Å². The van der Waals surface area contributed by atoms with E-state index < -0.39 is 0 Å². The summed E-state index contributed by atoms with van der Waals surface area (Å²) >= 11 is 0. The Balaban J connectivity index is 1.69. The fourth-order valence-corrected chi connectivity index (χ4v) is 2.14. The molecule has 0 unspecified atom stereocenters. The Labute approximate surface area is 103 Å². The summed E-state index contributed by atoms with van der Waals surface area (Å²) < 4.78 is 5.24. The van der Waals surface area contributed by atoms with Crippen molar-refractivity contribution in [3.63, 3.8) is 0 Å². The summed E-state index contributed by atoms with van der Waals surface area (Å²) in [6.07, 6.45) is 1.07. The molecule has 3 heteroatoms. The zero-order chi connectivity index (χ0) is 12.1. The van der Waals surface area contributed by atoms with Crippen LogP contribution in [0.15, 0.2) is 24.3 Å². The van der Waals surface area contributed by atoms with Crippen LogP contribution in [-0.2, 0) is 11.2 Å². The molecule has 0 atom stereocenters. The predicted octanol–water partition coefficient (Wildman–Crippen LogP) is 1.10. The van der Waals surface area contributed by atoms with Crippen molar-refractivity contribution < 1.29 is 4.74 Å². The largest absolute Gasteiger partial charge is 0.380 e. The standard InChI is InChI=1S/C14H22N2O/c1-12-3-2-4-13(7-12)5-6-16-9-14(8-15)10-17-11-14/h2-4,7,16H,5-6,8-11,15H2,1H3. The van der Waals surface area contributed by atoms with Crippen LogP contribution in [0.4, 0.5) is 0 Å². The van der Waals surface area contributed by atoms with Gasteiger partial charge in [0.15, 0.2) is 0 Å². The quantitative estimate of drug-likeness (QED) is 0.725. The molecule has 0 saturated carbocycles. The third-order valence-corrected chi connectivity index (χ3v) is 3.42. The Morgan fingerprint density at radius 3 is 2.82 bits per heavy atom. The predicted molar refractivity (Wildman–Crippen MR) is 70.1 cm³/mol. The van der Waals surface area contributed by atoms with E-state index in [0.29, 0.717) is 6.54 Å². The molecule has 1 aliphatic rings. The number of nitrogens with two attached hydrogens (primary N) is 1. The lowest BCUT2D eigenvalue weighted by Gasteiger charge is -2.40. The number of rotatable bonds is 6. The minimum atomic E-state index is 0.201. The first-order valence-electron chi connectivity index (χ1n) is 6.28. The van der Waals surface area contributed by atoms with Crippen LogP contribution >= 0.6 is 0 Å². The van der Waals surface area contributed by atoms with Gasteiger partial charge in [-0.05, 0) is 25.5 Å². The Hall–Kier alpha value is -0.900. The fourth-order valence-electron chi connectivity index (χ4n) is 2.14. The van der Waals surface area contributed by atoms with Gasteiger partial charge in [-0.3, -0.25) is 0 Å². The van der Waals surface area contributed by atoms with E-state index in [0.717, 1.165) is 32.7 Å². The molecule has 1 aromatic rings. The molecule has 1 fully saturated rings. The molecule has 0 aliphatic carbocycles. The van der Waals surface area contributed by atoms with E-state index in [1.54, 1.807) is 0 Å². The number of aryl methyl sites for hydroxylation is 1. The first-order valence-corrected chi connectivity index (χ1v) is 6.28. The van der Waals surface area contributed by atoms with Gasteiger partial charge in [0, 0.05) is 18.5 Å². The third kappa shape index (κ3) is 3.28. The Morgan fingerprint density at radius 1 is 1.41 bits per heavy atom. The van der Waals surface area contributed by atoms with E-state index in [-0.39, 0.29) is 5.41 Å². The SMILES string of the molecule is Cc1cccc(CCNCC2(CN)COC2)c1. The summed E-state index contributed by atoms with van der Waals surface area (Å²) in [5.74, 6) is 0. The van der Waals surface area contributed by atoms with Gasteiger partial charge in [0.25, 0.3) is 0 Å². The third-order valence-electron chi connectivity index (χ3n) is 3.42. The molecule has 94 valence electrons. The van der Waals surface area contributed by atoms with Crippen molar-refractivity contribution in [2.75, 3.05) is 32.8 Å². The molecule has 0 radical (unpaired) electrons. The minimum absolute atomic E-state index is 0.201. The van der Waals surface area contributed by atoms with Gasteiger partial charge in [0.05, 0.1) is 13.2 Å². The normalized spacial score (nSPS) is 17.8. The average molecular weight is 234 g/mol. The molecule has 0 aromatic heterocycles. The van der Waals surface area contributed by atoms with E-state index >= 15 is 0 Å². The summed E-state index contributed by atoms with van der Waals surface area (Å²) in [6, 6.07) is 8.67. The lowest BCUT2D eigenvalue weighted by molar-refractivity contribution is -0.104. The van der Waals surface area contributed by atoms with Gasteiger partial charge in [0.2, 0.25) is 0 Å². The highest BCUT2D eigenvalue weighted by molar-refractivity contribution is 5.22. The highest BCUT2D eigenvalue weighted by atomic mass is 16.5. The Morgan fingerprint density at radius 2 is 2.24 bits per heavy atom. The minimum Gasteiger partial charge on any atom is -0.380 e. The average Bonchev–Trinajstić information content (AvgIpc) is 2.27. The van der Waals surface area contributed by atoms with E-state index in [9.17, 15) is 0 Å². The lowest BCUT2D eigenvalue weighted by atomic mass is 9.86. The Bertz CT molecular complexity index is 355. The molecule has 0 spiro atoms. The van der Waals surface area contributed by atoms with Crippen LogP contribution in [0.1, 0.15) is 11.1 Å². The van der Waals surface area contributed by atoms with Crippen LogP contribution < -0.4 is 11.1 Å². The summed E-state index contributed by atoms with van der Waals surface area (Å²) in [5, 5.41) is 3.49. The monoisotopic (exact) mass is 234 g/mol. The fraction of sp³-hybridized carbons (Fsp3) is 0.571. The summed E-state index contributed by atoms with van der Waals surface area (Å²) in [5.41, 5.74) is 8.68. The zero-order valence-corrected chi connectivity index (χ0v) is 10.5. The molecule has 0 amide bonds. The number of hydrogen-bond acceptors (Lipinski definition) is 3. The van der Waals surface area contributed by atoms with Gasteiger partial charge in [0.1, 0.15) is 0 Å². The van der Waals surface area contributed by atoms with Gasteiger partial charge in [-0.2, -0.15) is 0 Å². The molecule has 2 rings (SSSR count). The lowest BCUT2D eigenvalue weighted by Crippen LogP contribution is -2.54. The molecule has 0 bridgehead atoms. The van der Waals surface area contributed by atoms with Gasteiger partial charge < -0.3 is 15.8 Å². The topological polar surface area (TPSA) is 47.3 Å². The second kappa shape index (κ2) is 5.63. The highest BCUT2D eigenvalue weighted by Crippen LogP contribution is 2.24. The summed E-state index contributed by atoms with van der Waals surface area (Å²) in [4.78, 5) is 0. The van der Waals surface area contributed by atoms with E-state index in [1.807, 2.05) is 0 Å². The van der Waals surface area contributed by atoms with Crippen molar-refractivity contribution in [1.82, 2.24) is 5.32 Å². The maximum Gasteiger partial charge on any atom is 0.0569 e. The van der Waals surface area contributed by atoms with Crippen molar-refractivity contribution in [2.24, 2.45) is 11.1 Å². The van der Waals surface area contributed by atoms with Crippen LogP contribution in [0.5, 0.6) is 0 Å². The number of nitrogens with one attached hydrogen (secondary N) is 1. The molecule has 1 heterocycles.